The van der Waals surface area contributed by atoms with Crippen molar-refractivity contribution in [1.82, 2.24) is 9.88 Å². The number of nitro groups is 1. The number of β-lactam (4-membered cyclic amide) rings is 1. The van der Waals surface area contributed by atoms with E-state index < -0.39 is 10.9 Å². The Bertz CT molecular complexity index is 1040. The smallest absolute Gasteiger partial charge is 0.355 e. The fourth-order valence-electron chi connectivity index (χ4n) is 2.80. The molecule has 1 aromatic heterocycles. The molecule has 1 amide bonds. The molecule has 1 atom stereocenters. The molecule has 1 fully saturated rings. The predicted molar refractivity (Wildman–Crippen MR) is 98.4 cm³/mol. The molecular weight excluding hydrogens is 386 g/mol. The molecule has 2 aliphatic rings. The third kappa shape index (κ3) is 3.18. The van der Waals surface area contributed by atoms with Crippen LogP contribution in [0.1, 0.15) is 17.1 Å². The Kier molecular flexibility index (Phi) is 4.47. The van der Waals surface area contributed by atoms with E-state index in [4.69, 9.17) is 9.15 Å². The number of rotatable bonds is 5. The third-order valence-corrected chi connectivity index (χ3v) is 5.28. The summed E-state index contributed by atoms with van der Waals surface area (Å²) < 4.78 is 10.4. The number of aryl methyl sites for hydroxylation is 1. The van der Waals surface area contributed by atoms with Crippen LogP contribution in [0.3, 0.4) is 0 Å². The second-order valence-electron chi connectivity index (χ2n) is 6.06. The Morgan fingerprint density at radius 3 is 2.82 bits per heavy atom. The molecule has 9 nitrogen and oxygen atoms in total. The van der Waals surface area contributed by atoms with Crippen LogP contribution >= 0.6 is 11.8 Å². The number of ether oxygens (including phenoxy) is 1. The number of aromatic nitrogens is 1. The number of amides is 1. The third-order valence-electron chi connectivity index (χ3n) is 4.20. The second-order valence-corrected chi connectivity index (χ2v) is 7.01. The average molecular weight is 399 g/mol. The molecule has 3 heterocycles. The molecule has 28 heavy (non-hydrogen) atoms. The lowest BCUT2D eigenvalue weighted by Gasteiger charge is -2.37. The number of nitrogens with zero attached hydrogens (tertiary/aromatic N) is 3. The summed E-state index contributed by atoms with van der Waals surface area (Å²) in [6.07, 6.45) is 3.11. The van der Waals surface area contributed by atoms with E-state index in [1.54, 1.807) is 18.4 Å². The molecular formula is C18H13N3O6S. The summed E-state index contributed by atoms with van der Waals surface area (Å²) in [6, 6.07) is 5.71. The highest BCUT2D eigenvalue weighted by Crippen LogP contribution is 2.45. The topological polar surface area (TPSA) is 116 Å². The molecule has 142 valence electrons. The standard InChI is InChI=1S/C18H13N3O6S/c1-10-19-12(8-26-10)6-14-16(22)20-15(9-28-17(14)20)18(23)27-7-11-2-4-13(5-3-11)21(24)25/h2-6,8-9,17H,7H2,1H3/b14-6+/t17-/m1/s1. The number of non-ortho nitro benzene ring substituents is 1. The van der Waals surface area contributed by atoms with Crippen molar-refractivity contribution >= 4 is 35.4 Å². The summed E-state index contributed by atoms with van der Waals surface area (Å²) in [5, 5.41) is 12.0. The van der Waals surface area contributed by atoms with E-state index in [2.05, 4.69) is 4.98 Å². The second kappa shape index (κ2) is 6.97. The Labute approximate surface area is 162 Å². The van der Waals surface area contributed by atoms with Gasteiger partial charge in [-0.15, -0.1) is 11.8 Å². The van der Waals surface area contributed by atoms with E-state index in [0.717, 1.165) is 0 Å². The summed E-state index contributed by atoms with van der Waals surface area (Å²) in [4.78, 5) is 40.4. The molecule has 0 unspecified atom stereocenters. The van der Waals surface area contributed by atoms with Crippen LogP contribution in [0.15, 0.2) is 51.6 Å². The first kappa shape index (κ1) is 18.0. The van der Waals surface area contributed by atoms with Crippen molar-refractivity contribution in [1.29, 1.82) is 0 Å². The van der Waals surface area contributed by atoms with Gasteiger partial charge in [0.1, 0.15) is 29.6 Å². The Balaban J connectivity index is 1.38. The van der Waals surface area contributed by atoms with Gasteiger partial charge in [0.15, 0.2) is 5.89 Å². The molecule has 1 saturated heterocycles. The van der Waals surface area contributed by atoms with Crippen molar-refractivity contribution in [2.24, 2.45) is 0 Å². The van der Waals surface area contributed by atoms with Gasteiger partial charge in [-0.05, 0) is 23.8 Å². The maximum Gasteiger partial charge on any atom is 0.355 e. The van der Waals surface area contributed by atoms with Crippen LogP contribution in [-0.4, -0.2) is 32.1 Å². The van der Waals surface area contributed by atoms with Gasteiger partial charge in [-0.2, -0.15) is 0 Å². The quantitative estimate of drug-likeness (QED) is 0.248. The van der Waals surface area contributed by atoms with Gasteiger partial charge >= 0.3 is 5.97 Å². The number of hydrogen-bond donors (Lipinski definition) is 0. The Hall–Kier alpha value is -3.40. The van der Waals surface area contributed by atoms with E-state index in [9.17, 15) is 19.7 Å². The summed E-state index contributed by atoms with van der Waals surface area (Å²) in [6.45, 7) is 1.66. The van der Waals surface area contributed by atoms with E-state index in [-0.39, 0.29) is 29.3 Å². The van der Waals surface area contributed by atoms with Gasteiger partial charge in [-0.25, -0.2) is 9.78 Å². The first-order valence-corrected chi connectivity index (χ1v) is 9.11. The SMILES string of the molecule is Cc1nc(/C=C2\C(=O)N3C(C(=O)OCc4ccc([N+](=O)[O-])cc4)=CS[C@H]23)co1. The number of carbonyl (C=O) groups excluding carboxylic acids is 2. The molecule has 0 bridgehead atoms. The van der Waals surface area contributed by atoms with Gasteiger partial charge in [-0.1, -0.05) is 0 Å². The first-order chi connectivity index (χ1) is 13.4. The molecule has 4 rings (SSSR count). The van der Waals surface area contributed by atoms with Gasteiger partial charge < -0.3 is 9.15 Å². The highest BCUT2D eigenvalue weighted by atomic mass is 32.2. The zero-order valence-corrected chi connectivity index (χ0v) is 15.3. The van der Waals surface area contributed by atoms with Crippen molar-refractivity contribution in [3.8, 4) is 0 Å². The minimum atomic E-state index is -0.627. The van der Waals surface area contributed by atoms with Crippen LogP contribution < -0.4 is 0 Å². The number of oxazole rings is 1. The van der Waals surface area contributed by atoms with Crippen molar-refractivity contribution in [2.45, 2.75) is 18.9 Å². The lowest BCUT2D eigenvalue weighted by Crippen LogP contribution is -2.51. The minimum absolute atomic E-state index is 0.0411. The van der Waals surface area contributed by atoms with Crippen molar-refractivity contribution in [3.63, 3.8) is 0 Å². The maximum absolute atomic E-state index is 12.4. The number of benzene rings is 1. The number of carbonyl (C=O) groups is 2. The van der Waals surface area contributed by atoms with Crippen LogP contribution in [0, 0.1) is 17.0 Å². The monoisotopic (exact) mass is 399 g/mol. The largest absolute Gasteiger partial charge is 0.456 e. The van der Waals surface area contributed by atoms with Gasteiger partial charge in [-0.3, -0.25) is 19.8 Å². The number of thioether (sulfide) groups is 1. The summed E-state index contributed by atoms with van der Waals surface area (Å²) >= 11 is 1.33. The molecule has 2 aromatic rings. The Morgan fingerprint density at radius 2 is 2.18 bits per heavy atom. The van der Waals surface area contributed by atoms with Crippen molar-refractivity contribution < 1.29 is 23.7 Å². The zero-order chi connectivity index (χ0) is 19.8. The number of hydrogen-bond acceptors (Lipinski definition) is 8. The highest BCUT2D eigenvalue weighted by Gasteiger charge is 2.49. The normalized spacial score (nSPS) is 19.2. The zero-order valence-electron chi connectivity index (χ0n) is 14.5. The summed E-state index contributed by atoms with van der Waals surface area (Å²) in [7, 11) is 0. The van der Waals surface area contributed by atoms with Crippen molar-refractivity contribution in [2.75, 3.05) is 0 Å². The summed E-state index contributed by atoms with van der Waals surface area (Å²) in [5.41, 5.74) is 1.83. The van der Waals surface area contributed by atoms with Crippen molar-refractivity contribution in [3.05, 3.63) is 74.5 Å². The Morgan fingerprint density at radius 1 is 1.43 bits per heavy atom. The molecule has 0 N–H and O–H groups in total. The average Bonchev–Trinajstić information content (AvgIpc) is 3.28. The lowest BCUT2D eigenvalue weighted by atomic mass is 10.0. The predicted octanol–water partition coefficient (Wildman–Crippen LogP) is 2.77. The molecule has 0 radical (unpaired) electrons. The minimum Gasteiger partial charge on any atom is -0.456 e. The first-order valence-electron chi connectivity index (χ1n) is 8.17. The van der Waals surface area contributed by atoms with Crippen LogP contribution in [0.4, 0.5) is 5.69 Å². The van der Waals surface area contributed by atoms with Crippen LogP contribution in [-0.2, 0) is 20.9 Å². The van der Waals surface area contributed by atoms with Gasteiger partial charge in [0.2, 0.25) is 0 Å². The molecule has 0 spiro atoms. The molecule has 0 aliphatic carbocycles. The number of esters is 1. The fraction of sp³-hybridized carbons (Fsp3) is 0.167. The van der Waals surface area contributed by atoms with Crippen LogP contribution in [0.5, 0.6) is 0 Å². The maximum atomic E-state index is 12.4. The lowest BCUT2D eigenvalue weighted by molar-refractivity contribution is -0.384. The van der Waals surface area contributed by atoms with E-state index >= 15 is 0 Å². The van der Waals surface area contributed by atoms with Gasteiger partial charge in [0, 0.05) is 24.5 Å². The van der Waals surface area contributed by atoms with Gasteiger partial charge in [0.25, 0.3) is 11.6 Å². The molecule has 0 saturated carbocycles. The highest BCUT2D eigenvalue weighted by molar-refractivity contribution is 8.03. The molecule has 2 aliphatic heterocycles. The van der Waals surface area contributed by atoms with E-state index in [1.165, 1.54) is 47.2 Å². The van der Waals surface area contributed by atoms with E-state index in [1.807, 2.05) is 0 Å². The fourth-order valence-corrected chi connectivity index (χ4v) is 3.92. The van der Waals surface area contributed by atoms with Crippen LogP contribution in [0.25, 0.3) is 6.08 Å². The van der Waals surface area contributed by atoms with Crippen LogP contribution in [0.2, 0.25) is 0 Å². The van der Waals surface area contributed by atoms with Gasteiger partial charge in [0.05, 0.1) is 10.5 Å². The number of nitro benzene ring substituents is 1. The molecule has 1 aromatic carbocycles. The van der Waals surface area contributed by atoms with E-state index in [0.29, 0.717) is 22.7 Å². The number of fused-ring (bicyclic) bond motifs is 1. The molecule has 10 heteroatoms. The summed E-state index contributed by atoms with van der Waals surface area (Å²) in [5.74, 6) is -0.407.